The normalized spacial score (nSPS) is 13.5. The number of pyridine rings is 1. The standard InChI is InChI=1S/C23H22N6O2/c1-15-11-20(16(2)29(15)19-6-3-17(12-24)4-7-19)23(31)27-18-5-8-21(26-13-18)28-10-9-25-22(30)14-28/h3-8,11,13H,9-10,14H2,1-2H3,(H,25,30)(H,27,31). The molecule has 0 bridgehead atoms. The van der Waals surface area contributed by atoms with Gasteiger partial charge in [-0.25, -0.2) is 4.98 Å². The van der Waals surface area contributed by atoms with E-state index in [1.54, 1.807) is 30.5 Å². The Kier molecular flexibility index (Phi) is 5.41. The van der Waals surface area contributed by atoms with E-state index < -0.39 is 0 Å². The maximum absolute atomic E-state index is 12.9. The first kappa shape index (κ1) is 20.2. The van der Waals surface area contributed by atoms with Gasteiger partial charge in [-0.05, 0) is 56.3 Å². The zero-order chi connectivity index (χ0) is 22.0. The molecule has 1 aliphatic rings. The van der Waals surface area contributed by atoms with E-state index in [1.807, 2.05) is 41.5 Å². The number of nitrogens with zero attached hydrogens (tertiary/aromatic N) is 4. The summed E-state index contributed by atoms with van der Waals surface area (Å²) in [5.74, 6) is 0.454. The monoisotopic (exact) mass is 414 g/mol. The minimum atomic E-state index is -0.222. The van der Waals surface area contributed by atoms with E-state index in [0.29, 0.717) is 35.7 Å². The smallest absolute Gasteiger partial charge is 0.257 e. The Bertz CT molecular complexity index is 1170. The van der Waals surface area contributed by atoms with E-state index in [1.165, 1.54) is 0 Å². The van der Waals surface area contributed by atoms with Crippen LogP contribution in [0.15, 0.2) is 48.7 Å². The Morgan fingerprint density at radius 1 is 1.19 bits per heavy atom. The molecule has 31 heavy (non-hydrogen) atoms. The van der Waals surface area contributed by atoms with Gasteiger partial charge < -0.3 is 20.1 Å². The summed E-state index contributed by atoms with van der Waals surface area (Å²) in [6.45, 7) is 5.40. The van der Waals surface area contributed by atoms with Gasteiger partial charge in [-0.3, -0.25) is 9.59 Å². The molecule has 1 saturated heterocycles. The number of hydrogen-bond donors (Lipinski definition) is 2. The van der Waals surface area contributed by atoms with Gasteiger partial charge in [-0.1, -0.05) is 0 Å². The number of anilines is 2. The number of carbonyl (C=O) groups excluding carboxylic acids is 2. The number of benzene rings is 1. The molecular formula is C23H22N6O2. The summed E-state index contributed by atoms with van der Waals surface area (Å²) in [5, 5.41) is 14.7. The van der Waals surface area contributed by atoms with Crippen LogP contribution in [0.3, 0.4) is 0 Å². The van der Waals surface area contributed by atoms with Crippen molar-refractivity contribution in [2.75, 3.05) is 29.9 Å². The molecule has 8 nitrogen and oxygen atoms in total. The first-order chi connectivity index (χ1) is 15.0. The zero-order valence-corrected chi connectivity index (χ0v) is 17.3. The summed E-state index contributed by atoms with van der Waals surface area (Å²) >= 11 is 0. The second kappa shape index (κ2) is 8.32. The molecule has 0 radical (unpaired) electrons. The summed E-state index contributed by atoms with van der Waals surface area (Å²) in [7, 11) is 0. The Hall–Kier alpha value is -4.12. The number of piperazine rings is 1. The lowest BCUT2D eigenvalue weighted by Gasteiger charge is -2.27. The second-order valence-electron chi connectivity index (χ2n) is 7.41. The molecule has 2 aromatic heterocycles. The van der Waals surface area contributed by atoms with Crippen LogP contribution in [-0.4, -0.2) is 41.0 Å². The molecule has 0 saturated carbocycles. The molecule has 1 fully saturated rings. The lowest BCUT2D eigenvalue weighted by atomic mass is 10.2. The van der Waals surface area contributed by atoms with Gasteiger partial charge in [-0.15, -0.1) is 0 Å². The van der Waals surface area contributed by atoms with Crippen LogP contribution < -0.4 is 15.5 Å². The van der Waals surface area contributed by atoms with Crippen LogP contribution in [0.25, 0.3) is 5.69 Å². The number of nitrogens with one attached hydrogen (secondary N) is 2. The summed E-state index contributed by atoms with van der Waals surface area (Å²) in [6.07, 6.45) is 1.60. The Morgan fingerprint density at radius 2 is 1.97 bits per heavy atom. The van der Waals surface area contributed by atoms with Gasteiger partial charge in [0.15, 0.2) is 0 Å². The molecule has 4 rings (SSSR count). The highest BCUT2D eigenvalue weighted by molar-refractivity contribution is 6.05. The summed E-state index contributed by atoms with van der Waals surface area (Å²) in [6, 6.07) is 14.8. The lowest BCUT2D eigenvalue weighted by Crippen LogP contribution is -2.48. The van der Waals surface area contributed by atoms with Gasteiger partial charge in [0, 0.05) is 30.2 Å². The quantitative estimate of drug-likeness (QED) is 0.683. The number of carbonyl (C=O) groups is 2. The summed E-state index contributed by atoms with van der Waals surface area (Å²) < 4.78 is 1.98. The highest BCUT2D eigenvalue weighted by Gasteiger charge is 2.19. The molecule has 1 aromatic carbocycles. The summed E-state index contributed by atoms with van der Waals surface area (Å²) in [4.78, 5) is 30.8. The average molecular weight is 414 g/mol. The van der Waals surface area contributed by atoms with E-state index in [9.17, 15) is 9.59 Å². The van der Waals surface area contributed by atoms with Crippen molar-refractivity contribution >= 4 is 23.3 Å². The van der Waals surface area contributed by atoms with Crippen LogP contribution in [0.4, 0.5) is 11.5 Å². The third kappa shape index (κ3) is 4.12. The SMILES string of the molecule is Cc1cc(C(=O)Nc2ccc(N3CCNC(=O)C3)nc2)c(C)n1-c1ccc(C#N)cc1. The highest BCUT2D eigenvalue weighted by Crippen LogP contribution is 2.23. The Labute approximate surface area is 180 Å². The average Bonchev–Trinajstić information content (AvgIpc) is 3.08. The Balaban J connectivity index is 1.51. The van der Waals surface area contributed by atoms with E-state index in [-0.39, 0.29) is 18.4 Å². The van der Waals surface area contributed by atoms with Crippen molar-refractivity contribution in [2.45, 2.75) is 13.8 Å². The van der Waals surface area contributed by atoms with Crippen molar-refractivity contribution in [3.05, 3.63) is 71.2 Å². The molecule has 2 N–H and O–H groups in total. The number of nitriles is 1. The first-order valence-corrected chi connectivity index (χ1v) is 9.95. The van der Waals surface area contributed by atoms with Crippen molar-refractivity contribution in [2.24, 2.45) is 0 Å². The zero-order valence-electron chi connectivity index (χ0n) is 17.3. The molecule has 0 spiro atoms. The van der Waals surface area contributed by atoms with Crippen LogP contribution >= 0.6 is 0 Å². The number of aromatic nitrogens is 2. The predicted molar refractivity (Wildman–Crippen MR) is 117 cm³/mol. The predicted octanol–water partition coefficient (Wildman–Crippen LogP) is 2.55. The first-order valence-electron chi connectivity index (χ1n) is 9.95. The number of amides is 2. The van der Waals surface area contributed by atoms with Gasteiger partial charge in [0.1, 0.15) is 5.82 Å². The highest BCUT2D eigenvalue weighted by atomic mass is 16.2. The van der Waals surface area contributed by atoms with Gasteiger partial charge >= 0.3 is 0 Å². The molecule has 0 atom stereocenters. The second-order valence-corrected chi connectivity index (χ2v) is 7.41. The molecule has 3 heterocycles. The largest absolute Gasteiger partial charge is 0.353 e. The fourth-order valence-electron chi connectivity index (χ4n) is 3.75. The molecule has 0 unspecified atom stereocenters. The van der Waals surface area contributed by atoms with Crippen molar-refractivity contribution in [1.29, 1.82) is 5.26 Å². The summed E-state index contributed by atoms with van der Waals surface area (Å²) in [5.41, 5.74) is 4.36. The fourth-order valence-corrected chi connectivity index (χ4v) is 3.75. The van der Waals surface area contributed by atoms with Gasteiger partial charge in [0.2, 0.25) is 5.91 Å². The lowest BCUT2D eigenvalue weighted by molar-refractivity contribution is -0.120. The van der Waals surface area contributed by atoms with Crippen LogP contribution in [0.2, 0.25) is 0 Å². The van der Waals surface area contributed by atoms with Crippen LogP contribution in [0, 0.1) is 25.2 Å². The fraction of sp³-hybridized carbons (Fsp3) is 0.217. The van der Waals surface area contributed by atoms with Gasteiger partial charge in [0.25, 0.3) is 5.91 Å². The van der Waals surface area contributed by atoms with Crippen LogP contribution in [0.1, 0.15) is 27.3 Å². The van der Waals surface area contributed by atoms with E-state index in [0.717, 1.165) is 17.1 Å². The van der Waals surface area contributed by atoms with E-state index in [4.69, 9.17) is 5.26 Å². The number of aryl methyl sites for hydroxylation is 1. The maximum Gasteiger partial charge on any atom is 0.257 e. The van der Waals surface area contributed by atoms with Crippen molar-refractivity contribution in [3.8, 4) is 11.8 Å². The van der Waals surface area contributed by atoms with Crippen molar-refractivity contribution in [1.82, 2.24) is 14.9 Å². The topological polar surface area (TPSA) is 103 Å². The molecule has 2 amide bonds. The number of hydrogen-bond acceptors (Lipinski definition) is 5. The van der Waals surface area contributed by atoms with Crippen molar-refractivity contribution in [3.63, 3.8) is 0 Å². The van der Waals surface area contributed by atoms with Gasteiger partial charge in [-0.2, -0.15) is 5.26 Å². The third-order valence-corrected chi connectivity index (χ3v) is 5.30. The van der Waals surface area contributed by atoms with Crippen LogP contribution in [-0.2, 0) is 4.79 Å². The minimum absolute atomic E-state index is 0.0250. The van der Waals surface area contributed by atoms with E-state index >= 15 is 0 Å². The number of rotatable bonds is 4. The molecule has 0 aliphatic carbocycles. The van der Waals surface area contributed by atoms with Gasteiger partial charge in [0.05, 0.1) is 35.6 Å². The Morgan fingerprint density at radius 3 is 2.61 bits per heavy atom. The molecule has 156 valence electrons. The van der Waals surface area contributed by atoms with E-state index in [2.05, 4.69) is 21.7 Å². The minimum Gasteiger partial charge on any atom is -0.353 e. The van der Waals surface area contributed by atoms with Crippen LogP contribution in [0.5, 0.6) is 0 Å². The molecule has 1 aliphatic heterocycles. The maximum atomic E-state index is 12.9. The third-order valence-electron chi connectivity index (χ3n) is 5.30. The van der Waals surface area contributed by atoms with Crippen molar-refractivity contribution < 1.29 is 9.59 Å². The molecular weight excluding hydrogens is 392 g/mol. The molecule has 8 heteroatoms. The molecule has 3 aromatic rings.